The van der Waals surface area contributed by atoms with Crippen molar-refractivity contribution in [3.05, 3.63) is 51.9 Å². The summed E-state index contributed by atoms with van der Waals surface area (Å²) in [5.74, 6) is 0.0300. The van der Waals surface area contributed by atoms with Crippen molar-refractivity contribution in [1.82, 2.24) is 0 Å². The second-order valence-corrected chi connectivity index (χ2v) is 9.69. The summed E-state index contributed by atoms with van der Waals surface area (Å²) in [5, 5.41) is 0. The average molecular weight is 447 g/mol. The van der Waals surface area contributed by atoms with E-state index >= 15 is 0 Å². The first kappa shape index (κ1) is 22.7. The SMILES string of the molecule is CCc1ccc(-c2ssc(=S)c2-c2ccc(OC)c(S(=O)(=O)[O-])c2)cc1.[Na+]. The van der Waals surface area contributed by atoms with E-state index in [0.29, 0.717) is 9.39 Å². The summed E-state index contributed by atoms with van der Waals surface area (Å²) in [6.07, 6.45) is 0.954. The van der Waals surface area contributed by atoms with Crippen LogP contribution in [0.15, 0.2) is 47.4 Å². The third-order valence-corrected chi connectivity index (χ3v) is 7.90. The third kappa shape index (κ3) is 4.89. The molecule has 0 aliphatic rings. The zero-order chi connectivity index (χ0) is 18.9. The van der Waals surface area contributed by atoms with Crippen LogP contribution in [-0.4, -0.2) is 20.1 Å². The number of hydrogen-bond acceptors (Lipinski definition) is 7. The van der Waals surface area contributed by atoms with Crippen LogP contribution in [0.4, 0.5) is 0 Å². The average Bonchev–Trinajstić information content (AvgIpc) is 3.02. The van der Waals surface area contributed by atoms with Crippen molar-refractivity contribution in [2.45, 2.75) is 18.2 Å². The van der Waals surface area contributed by atoms with Gasteiger partial charge in [-0.15, -0.1) is 0 Å². The molecule has 136 valence electrons. The van der Waals surface area contributed by atoms with E-state index < -0.39 is 10.1 Å². The van der Waals surface area contributed by atoms with Gasteiger partial charge in [-0.2, -0.15) is 0 Å². The fourth-order valence-corrected chi connectivity index (χ4v) is 6.20. The smallest absolute Gasteiger partial charge is 0.744 e. The van der Waals surface area contributed by atoms with Gasteiger partial charge >= 0.3 is 29.6 Å². The van der Waals surface area contributed by atoms with Gasteiger partial charge in [0.1, 0.15) is 19.7 Å². The zero-order valence-corrected chi connectivity index (χ0v) is 20.3. The first-order valence-electron chi connectivity index (χ1n) is 7.72. The molecule has 0 amide bonds. The predicted octanol–water partition coefficient (Wildman–Crippen LogP) is 2.35. The molecule has 0 atom stereocenters. The van der Waals surface area contributed by atoms with Gasteiger partial charge in [0.05, 0.1) is 16.9 Å². The number of benzene rings is 2. The molecule has 1 aromatic heterocycles. The Hall–Kier alpha value is -0.580. The number of hydrogen-bond donors (Lipinski definition) is 0. The maximum absolute atomic E-state index is 11.6. The predicted molar refractivity (Wildman–Crippen MR) is 108 cm³/mol. The van der Waals surface area contributed by atoms with Crippen LogP contribution in [-0.2, 0) is 16.5 Å². The second kappa shape index (κ2) is 9.28. The molecule has 0 unspecified atom stereocenters. The Bertz CT molecular complexity index is 1100. The van der Waals surface area contributed by atoms with E-state index in [1.165, 1.54) is 45.5 Å². The van der Waals surface area contributed by atoms with Crippen molar-refractivity contribution in [3.8, 4) is 27.3 Å². The molecule has 3 aromatic rings. The van der Waals surface area contributed by atoms with Crippen LogP contribution in [0.5, 0.6) is 5.75 Å². The molecule has 4 nitrogen and oxygen atoms in total. The molecule has 0 radical (unpaired) electrons. The first-order chi connectivity index (χ1) is 12.3. The van der Waals surface area contributed by atoms with Crippen LogP contribution in [0.3, 0.4) is 0 Å². The summed E-state index contributed by atoms with van der Waals surface area (Å²) in [4.78, 5) is 0.581. The number of methoxy groups -OCH3 is 1. The fraction of sp³-hybridized carbons (Fsp3) is 0.167. The Labute approximate surface area is 193 Å². The van der Waals surface area contributed by atoms with Crippen molar-refractivity contribution < 1.29 is 47.3 Å². The minimum atomic E-state index is -4.66. The minimum Gasteiger partial charge on any atom is -0.744 e. The Balaban J connectivity index is 0.00000261. The van der Waals surface area contributed by atoms with Crippen LogP contribution in [0, 0.1) is 3.82 Å². The molecule has 3 rings (SSSR count). The van der Waals surface area contributed by atoms with Gasteiger partial charge in [0.25, 0.3) is 0 Å². The van der Waals surface area contributed by atoms with Gasteiger partial charge < -0.3 is 9.29 Å². The number of ether oxygens (including phenoxy) is 1. The van der Waals surface area contributed by atoms with Crippen molar-refractivity contribution in [3.63, 3.8) is 0 Å². The number of rotatable bonds is 5. The molecular formula is C18H15NaO4S4. The Morgan fingerprint density at radius 2 is 1.70 bits per heavy atom. The molecule has 0 spiro atoms. The van der Waals surface area contributed by atoms with E-state index in [1.54, 1.807) is 6.07 Å². The molecule has 0 saturated carbocycles. The van der Waals surface area contributed by atoms with Gasteiger partial charge in [-0.25, -0.2) is 8.42 Å². The van der Waals surface area contributed by atoms with Gasteiger partial charge in [-0.1, -0.05) is 70.2 Å². The third-order valence-electron chi connectivity index (χ3n) is 3.98. The van der Waals surface area contributed by atoms with E-state index in [2.05, 4.69) is 19.1 Å². The largest absolute Gasteiger partial charge is 1.00 e. The van der Waals surface area contributed by atoms with Crippen LogP contribution in [0.2, 0.25) is 0 Å². The molecule has 0 N–H and O–H groups in total. The standard InChI is InChI=1S/C18H16O4S4.Na/c1-3-11-4-6-12(7-5-11)17-16(18(23)25-24-17)13-8-9-14(22-2)15(10-13)26(19,20)21;/h4-10H,3H2,1-2H3,(H,19,20,21);/q;+1/p-1. The molecule has 0 aliphatic carbocycles. The molecule has 0 bridgehead atoms. The molecule has 2 aromatic carbocycles. The van der Waals surface area contributed by atoms with E-state index in [1.807, 2.05) is 12.1 Å². The maximum atomic E-state index is 11.6. The number of aryl methyl sites for hydroxylation is 1. The van der Waals surface area contributed by atoms with Gasteiger partial charge in [-0.05, 0) is 35.2 Å². The maximum Gasteiger partial charge on any atom is 1.00 e. The summed E-state index contributed by atoms with van der Waals surface area (Å²) in [6, 6.07) is 12.7. The minimum absolute atomic E-state index is 0. The summed E-state index contributed by atoms with van der Waals surface area (Å²) >= 11 is 5.47. The topological polar surface area (TPSA) is 66.4 Å². The van der Waals surface area contributed by atoms with Gasteiger partial charge in [0.15, 0.2) is 0 Å². The Morgan fingerprint density at radius 1 is 1.07 bits per heavy atom. The molecule has 9 heteroatoms. The van der Waals surface area contributed by atoms with Gasteiger partial charge in [-0.3, -0.25) is 0 Å². The van der Waals surface area contributed by atoms with Crippen molar-refractivity contribution >= 4 is 43.0 Å². The van der Waals surface area contributed by atoms with Crippen molar-refractivity contribution in [2.24, 2.45) is 0 Å². The first-order valence-corrected chi connectivity index (χ1v) is 11.7. The quantitative estimate of drug-likeness (QED) is 0.261. The Morgan fingerprint density at radius 3 is 2.26 bits per heavy atom. The Kier molecular flexibility index (Phi) is 7.80. The fourth-order valence-electron chi connectivity index (χ4n) is 2.62. The van der Waals surface area contributed by atoms with Crippen molar-refractivity contribution in [1.29, 1.82) is 0 Å². The summed E-state index contributed by atoms with van der Waals surface area (Å²) in [5.41, 5.74) is 3.61. The second-order valence-electron chi connectivity index (χ2n) is 5.53. The van der Waals surface area contributed by atoms with E-state index in [0.717, 1.165) is 22.4 Å². The van der Waals surface area contributed by atoms with Crippen LogP contribution in [0.25, 0.3) is 21.6 Å². The summed E-state index contributed by atoms with van der Waals surface area (Å²) < 4.78 is 40.4. The summed E-state index contributed by atoms with van der Waals surface area (Å²) in [7, 11) is -0.341. The van der Waals surface area contributed by atoms with Crippen LogP contribution >= 0.6 is 32.9 Å². The van der Waals surface area contributed by atoms with Gasteiger partial charge in [0, 0.05) is 5.56 Å². The molecular weight excluding hydrogens is 431 g/mol. The van der Waals surface area contributed by atoms with E-state index in [4.69, 9.17) is 17.0 Å². The normalized spacial score (nSPS) is 11.1. The van der Waals surface area contributed by atoms with E-state index in [9.17, 15) is 13.0 Å². The molecule has 0 fully saturated rings. The molecule has 27 heavy (non-hydrogen) atoms. The molecule has 0 saturated heterocycles. The zero-order valence-electron chi connectivity index (χ0n) is 15.0. The van der Waals surface area contributed by atoms with Crippen LogP contribution in [0.1, 0.15) is 12.5 Å². The van der Waals surface area contributed by atoms with Crippen molar-refractivity contribution in [2.75, 3.05) is 7.11 Å². The molecule has 1 heterocycles. The van der Waals surface area contributed by atoms with E-state index in [-0.39, 0.29) is 40.2 Å². The summed E-state index contributed by atoms with van der Waals surface area (Å²) in [6.45, 7) is 2.09. The van der Waals surface area contributed by atoms with Crippen LogP contribution < -0.4 is 34.3 Å². The molecule has 0 aliphatic heterocycles. The monoisotopic (exact) mass is 446 g/mol. The van der Waals surface area contributed by atoms with Gasteiger partial charge in [0.2, 0.25) is 0 Å².